The molecule has 0 spiro atoms. The first-order valence-electron chi connectivity index (χ1n) is 8.05. The number of carbonyl (C=O) groups excluding carboxylic acids is 1. The molecule has 1 N–H and O–H groups in total. The van der Waals surface area contributed by atoms with Gasteiger partial charge in [-0.1, -0.05) is 29.3 Å². The van der Waals surface area contributed by atoms with Gasteiger partial charge in [-0.25, -0.2) is 8.42 Å². The number of amides is 1. The van der Waals surface area contributed by atoms with Gasteiger partial charge in [0.15, 0.2) is 0 Å². The lowest BCUT2D eigenvalue weighted by atomic mass is 10.2. The number of hydrogen-bond acceptors (Lipinski definition) is 3. The van der Waals surface area contributed by atoms with E-state index in [1.54, 1.807) is 41.3 Å². The molecule has 0 saturated carbocycles. The summed E-state index contributed by atoms with van der Waals surface area (Å²) in [5, 5.41) is 0.237. The average Bonchev–Trinajstić information content (AvgIpc) is 3.09. The van der Waals surface area contributed by atoms with Crippen LogP contribution in [0, 0.1) is 6.92 Å². The van der Waals surface area contributed by atoms with E-state index in [1.807, 2.05) is 6.92 Å². The van der Waals surface area contributed by atoms with Crippen LogP contribution in [0.1, 0.15) is 28.8 Å². The second-order valence-corrected chi connectivity index (χ2v) is 8.20. The topological polar surface area (TPSA) is 66.5 Å². The molecule has 1 saturated heterocycles. The van der Waals surface area contributed by atoms with Crippen LogP contribution in [0.2, 0.25) is 5.02 Å². The molecule has 1 aliphatic heterocycles. The van der Waals surface area contributed by atoms with Gasteiger partial charge in [-0.05, 0) is 50.1 Å². The molecule has 0 aliphatic carbocycles. The molecule has 1 amide bonds. The van der Waals surface area contributed by atoms with Crippen molar-refractivity contribution in [3.63, 3.8) is 0 Å². The number of anilines is 1. The molecule has 0 unspecified atom stereocenters. The molecule has 25 heavy (non-hydrogen) atoms. The summed E-state index contributed by atoms with van der Waals surface area (Å²) in [5.74, 6) is -0.115. The van der Waals surface area contributed by atoms with Gasteiger partial charge in [0.05, 0.1) is 21.2 Å². The van der Waals surface area contributed by atoms with E-state index in [1.165, 1.54) is 6.07 Å². The molecule has 1 fully saturated rings. The lowest BCUT2D eigenvalue weighted by molar-refractivity contribution is 0.0793. The Hall–Kier alpha value is -2.05. The van der Waals surface area contributed by atoms with E-state index in [0.29, 0.717) is 11.3 Å². The average molecular weight is 379 g/mol. The standard InChI is InChI=1S/C18H19ClN2O3S/c1-13-4-7-15(8-5-13)25(23,24)20-14-6-9-16(17(19)12-14)18(22)21-10-2-3-11-21/h4-9,12,20H,2-3,10-11H2,1H3. The van der Waals surface area contributed by atoms with Crippen molar-refractivity contribution in [3.05, 3.63) is 58.6 Å². The highest BCUT2D eigenvalue weighted by Gasteiger charge is 2.22. The summed E-state index contributed by atoms with van der Waals surface area (Å²) in [6.45, 7) is 3.35. The zero-order valence-electron chi connectivity index (χ0n) is 13.8. The normalized spacial score (nSPS) is 14.6. The Morgan fingerprint density at radius 3 is 2.32 bits per heavy atom. The lowest BCUT2D eigenvalue weighted by Crippen LogP contribution is -2.27. The van der Waals surface area contributed by atoms with Crippen LogP contribution in [-0.4, -0.2) is 32.3 Å². The summed E-state index contributed by atoms with van der Waals surface area (Å²) in [6, 6.07) is 11.2. The van der Waals surface area contributed by atoms with Gasteiger partial charge in [-0.2, -0.15) is 0 Å². The number of aryl methyl sites for hydroxylation is 1. The van der Waals surface area contributed by atoms with Crippen molar-refractivity contribution in [2.24, 2.45) is 0 Å². The molecule has 2 aromatic rings. The minimum absolute atomic E-state index is 0.115. The fourth-order valence-corrected chi connectivity index (χ4v) is 4.08. The number of rotatable bonds is 4. The van der Waals surface area contributed by atoms with E-state index >= 15 is 0 Å². The minimum atomic E-state index is -3.70. The SMILES string of the molecule is Cc1ccc(S(=O)(=O)Nc2ccc(C(=O)N3CCCC3)c(Cl)c2)cc1. The van der Waals surface area contributed by atoms with Crippen LogP contribution < -0.4 is 4.72 Å². The molecular formula is C18H19ClN2O3S. The Labute approximate surface area is 152 Å². The number of nitrogens with zero attached hydrogens (tertiary/aromatic N) is 1. The van der Waals surface area contributed by atoms with Crippen molar-refractivity contribution in [1.29, 1.82) is 0 Å². The molecule has 132 valence electrons. The maximum atomic E-state index is 12.4. The van der Waals surface area contributed by atoms with Crippen molar-refractivity contribution in [1.82, 2.24) is 4.90 Å². The van der Waals surface area contributed by atoms with E-state index < -0.39 is 10.0 Å². The Balaban J connectivity index is 1.80. The highest BCUT2D eigenvalue weighted by molar-refractivity contribution is 7.92. The maximum absolute atomic E-state index is 12.4. The van der Waals surface area contributed by atoms with Crippen molar-refractivity contribution in [2.75, 3.05) is 17.8 Å². The smallest absolute Gasteiger partial charge is 0.261 e. The van der Waals surface area contributed by atoms with Gasteiger partial charge in [-0.15, -0.1) is 0 Å². The molecule has 0 bridgehead atoms. The van der Waals surface area contributed by atoms with Crippen molar-refractivity contribution in [2.45, 2.75) is 24.7 Å². The van der Waals surface area contributed by atoms with E-state index in [4.69, 9.17) is 11.6 Å². The van der Waals surface area contributed by atoms with Crippen LogP contribution >= 0.6 is 11.6 Å². The molecule has 3 rings (SSSR count). The summed E-state index contributed by atoms with van der Waals surface area (Å²) in [4.78, 5) is 14.4. The molecule has 7 heteroatoms. The third-order valence-electron chi connectivity index (χ3n) is 4.18. The van der Waals surface area contributed by atoms with E-state index in [2.05, 4.69) is 4.72 Å². The van der Waals surface area contributed by atoms with Gasteiger partial charge in [0, 0.05) is 13.1 Å². The first kappa shape index (κ1) is 17.8. The fourth-order valence-electron chi connectivity index (χ4n) is 2.77. The van der Waals surface area contributed by atoms with Gasteiger partial charge in [0.25, 0.3) is 15.9 Å². The third kappa shape index (κ3) is 3.96. The van der Waals surface area contributed by atoms with E-state index in [0.717, 1.165) is 31.5 Å². The summed E-state index contributed by atoms with van der Waals surface area (Å²) < 4.78 is 27.3. The summed E-state index contributed by atoms with van der Waals surface area (Å²) in [5.41, 5.74) is 1.69. The third-order valence-corrected chi connectivity index (χ3v) is 5.89. The van der Waals surface area contributed by atoms with Crippen molar-refractivity contribution in [3.8, 4) is 0 Å². The molecule has 2 aromatic carbocycles. The van der Waals surface area contributed by atoms with Crippen LogP contribution in [0.4, 0.5) is 5.69 Å². The van der Waals surface area contributed by atoms with Crippen LogP contribution in [0.15, 0.2) is 47.4 Å². The molecule has 1 heterocycles. The van der Waals surface area contributed by atoms with E-state index in [-0.39, 0.29) is 15.8 Å². The lowest BCUT2D eigenvalue weighted by Gasteiger charge is -2.16. The maximum Gasteiger partial charge on any atom is 0.261 e. The molecule has 0 aromatic heterocycles. The van der Waals surface area contributed by atoms with Crippen LogP contribution in [0.3, 0.4) is 0 Å². The Morgan fingerprint density at radius 1 is 1.08 bits per heavy atom. The van der Waals surface area contributed by atoms with Crippen molar-refractivity contribution < 1.29 is 13.2 Å². The number of hydrogen-bond donors (Lipinski definition) is 1. The predicted molar refractivity (Wildman–Crippen MR) is 98.6 cm³/mol. The monoisotopic (exact) mass is 378 g/mol. The number of likely N-dealkylation sites (tertiary alicyclic amines) is 1. The zero-order valence-corrected chi connectivity index (χ0v) is 15.4. The van der Waals surface area contributed by atoms with E-state index in [9.17, 15) is 13.2 Å². The largest absolute Gasteiger partial charge is 0.339 e. The summed E-state index contributed by atoms with van der Waals surface area (Å²) in [7, 11) is -3.70. The quantitative estimate of drug-likeness (QED) is 0.882. The van der Waals surface area contributed by atoms with Crippen LogP contribution in [0.25, 0.3) is 0 Å². The molecule has 5 nitrogen and oxygen atoms in total. The first-order valence-corrected chi connectivity index (χ1v) is 9.91. The zero-order chi connectivity index (χ0) is 18.0. The number of benzene rings is 2. The van der Waals surface area contributed by atoms with Crippen LogP contribution in [-0.2, 0) is 10.0 Å². The minimum Gasteiger partial charge on any atom is -0.339 e. The predicted octanol–water partition coefficient (Wildman–Crippen LogP) is 3.69. The number of sulfonamides is 1. The summed E-state index contributed by atoms with van der Waals surface area (Å²) in [6.07, 6.45) is 2.00. The highest BCUT2D eigenvalue weighted by atomic mass is 35.5. The number of carbonyl (C=O) groups is 1. The number of nitrogens with one attached hydrogen (secondary N) is 1. The second-order valence-electron chi connectivity index (χ2n) is 6.11. The van der Waals surface area contributed by atoms with Gasteiger partial charge < -0.3 is 4.90 Å². The van der Waals surface area contributed by atoms with Gasteiger partial charge in [0.2, 0.25) is 0 Å². The molecule has 0 atom stereocenters. The molecule has 0 radical (unpaired) electrons. The highest BCUT2D eigenvalue weighted by Crippen LogP contribution is 2.25. The Morgan fingerprint density at radius 2 is 1.72 bits per heavy atom. The second kappa shape index (κ2) is 7.06. The van der Waals surface area contributed by atoms with Gasteiger partial charge >= 0.3 is 0 Å². The Kier molecular flexibility index (Phi) is 5.01. The molecule has 1 aliphatic rings. The van der Waals surface area contributed by atoms with Crippen LogP contribution in [0.5, 0.6) is 0 Å². The Bertz CT molecular complexity index is 889. The van der Waals surface area contributed by atoms with Gasteiger partial charge in [0.1, 0.15) is 0 Å². The van der Waals surface area contributed by atoms with Crippen molar-refractivity contribution >= 4 is 33.2 Å². The number of halogens is 1. The first-order chi connectivity index (χ1) is 11.9. The van der Waals surface area contributed by atoms with Gasteiger partial charge in [-0.3, -0.25) is 9.52 Å². The summed E-state index contributed by atoms with van der Waals surface area (Å²) >= 11 is 6.22. The fraction of sp³-hybridized carbons (Fsp3) is 0.278. The molecular weight excluding hydrogens is 360 g/mol.